The van der Waals surface area contributed by atoms with E-state index in [4.69, 9.17) is 0 Å². The maximum atomic E-state index is 13.3. The van der Waals surface area contributed by atoms with E-state index in [-0.39, 0.29) is 34.7 Å². The van der Waals surface area contributed by atoms with Crippen LogP contribution in [0.5, 0.6) is 0 Å². The molecule has 1 aliphatic rings. The zero-order valence-electron chi connectivity index (χ0n) is 19.3. The molecular formula is C23H26F3N3O4S. The number of rotatable bonds is 7. The number of amides is 2. The number of halogens is 3. The first-order chi connectivity index (χ1) is 15.7. The Morgan fingerprint density at radius 2 is 1.74 bits per heavy atom. The van der Waals surface area contributed by atoms with Crippen molar-refractivity contribution in [2.24, 2.45) is 0 Å². The number of hydrogen-bond acceptors (Lipinski definition) is 5. The molecule has 184 valence electrons. The van der Waals surface area contributed by atoms with Crippen molar-refractivity contribution in [1.82, 2.24) is 14.1 Å². The van der Waals surface area contributed by atoms with Crippen molar-refractivity contribution in [3.63, 3.8) is 0 Å². The van der Waals surface area contributed by atoms with E-state index in [9.17, 15) is 31.2 Å². The highest BCUT2D eigenvalue weighted by molar-refractivity contribution is 7.90. The Bertz CT molecular complexity index is 1210. The highest BCUT2D eigenvalue weighted by Crippen LogP contribution is 2.33. The maximum absolute atomic E-state index is 13.3. The third kappa shape index (κ3) is 5.10. The summed E-state index contributed by atoms with van der Waals surface area (Å²) in [7, 11) is -0.518. The first-order valence-corrected chi connectivity index (χ1v) is 12.0. The highest BCUT2D eigenvalue weighted by Gasteiger charge is 2.43. The van der Waals surface area contributed by atoms with E-state index in [0.717, 1.165) is 16.4 Å². The Kier molecular flexibility index (Phi) is 7.09. The molecule has 0 saturated carbocycles. The lowest BCUT2D eigenvalue weighted by Gasteiger charge is -2.25. The van der Waals surface area contributed by atoms with Crippen LogP contribution in [0, 0.1) is 0 Å². The fraction of sp³-hybridized carbons (Fsp3) is 0.391. The summed E-state index contributed by atoms with van der Waals surface area (Å²) < 4.78 is 65.9. The third-order valence-electron chi connectivity index (χ3n) is 5.40. The van der Waals surface area contributed by atoms with Crippen LogP contribution < -0.4 is 0 Å². The van der Waals surface area contributed by atoms with Crippen LogP contribution in [0.15, 0.2) is 47.4 Å². The van der Waals surface area contributed by atoms with Gasteiger partial charge in [0.15, 0.2) is 0 Å². The van der Waals surface area contributed by atoms with Crippen molar-refractivity contribution in [2.75, 3.05) is 27.2 Å². The second-order valence-corrected chi connectivity index (χ2v) is 10.4. The van der Waals surface area contributed by atoms with E-state index < -0.39 is 39.6 Å². The van der Waals surface area contributed by atoms with E-state index in [1.807, 2.05) is 4.90 Å². The van der Waals surface area contributed by atoms with Gasteiger partial charge in [0.2, 0.25) is 0 Å². The molecule has 0 saturated heterocycles. The summed E-state index contributed by atoms with van der Waals surface area (Å²) in [5.41, 5.74) is -0.507. The van der Waals surface area contributed by atoms with Crippen LogP contribution in [0.25, 0.3) is 0 Å². The zero-order chi connectivity index (χ0) is 25.4. The number of alkyl halides is 3. The summed E-state index contributed by atoms with van der Waals surface area (Å²) in [4.78, 5) is 28.8. The molecule has 3 rings (SSSR count). The van der Waals surface area contributed by atoms with Gasteiger partial charge in [-0.25, -0.2) is 12.7 Å². The van der Waals surface area contributed by atoms with Crippen LogP contribution in [0.3, 0.4) is 0 Å². The van der Waals surface area contributed by atoms with Gasteiger partial charge in [-0.05, 0) is 63.8 Å². The van der Waals surface area contributed by atoms with Gasteiger partial charge in [0.25, 0.3) is 21.8 Å². The van der Waals surface area contributed by atoms with Crippen LogP contribution in [0.1, 0.15) is 45.7 Å². The first kappa shape index (κ1) is 25.7. The Hall–Kier alpha value is -2.92. The maximum Gasteiger partial charge on any atom is 0.416 e. The lowest BCUT2D eigenvalue weighted by atomic mass is 10.1. The number of fused-ring (bicyclic) bond motifs is 1. The number of nitrogens with zero attached hydrogens (tertiary/aromatic N) is 3. The number of hydrogen-bond donors (Lipinski definition) is 0. The number of carbonyl (C=O) groups is 2. The zero-order valence-corrected chi connectivity index (χ0v) is 20.1. The fourth-order valence-electron chi connectivity index (χ4n) is 3.71. The molecule has 1 aliphatic heterocycles. The van der Waals surface area contributed by atoms with E-state index in [1.54, 1.807) is 27.9 Å². The largest absolute Gasteiger partial charge is 0.416 e. The van der Waals surface area contributed by atoms with E-state index >= 15 is 0 Å². The van der Waals surface area contributed by atoms with E-state index in [1.165, 1.54) is 35.2 Å². The predicted molar refractivity (Wildman–Crippen MR) is 120 cm³/mol. The van der Waals surface area contributed by atoms with Crippen molar-refractivity contribution < 1.29 is 31.2 Å². The molecule has 0 aliphatic carbocycles. The molecule has 0 atom stereocenters. The number of benzene rings is 2. The minimum atomic E-state index is -4.52. The molecule has 0 fully saturated rings. The van der Waals surface area contributed by atoms with Crippen molar-refractivity contribution in [1.29, 1.82) is 0 Å². The molecule has 1 heterocycles. The van der Waals surface area contributed by atoms with Crippen molar-refractivity contribution in [3.05, 3.63) is 64.7 Å². The lowest BCUT2D eigenvalue weighted by molar-refractivity contribution is -0.137. The van der Waals surface area contributed by atoms with E-state index in [2.05, 4.69) is 0 Å². The van der Waals surface area contributed by atoms with Crippen LogP contribution in [-0.2, 0) is 22.7 Å². The van der Waals surface area contributed by atoms with Crippen LogP contribution in [-0.4, -0.2) is 67.6 Å². The third-order valence-corrected chi connectivity index (χ3v) is 7.40. The molecule has 0 N–H and O–H groups in total. The molecule has 2 aromatic carbocycles. The van der Waals surface area contributed by atoms with Gasteiger partial charge in [-0.15, -0.1) is 0 Å². The fourth-order valence-corrected chi connectivity index (χ4v) is 5.51. The van der Waals surface area contributed by atoms with Crippen LogP contribution >= 0.6 is 0 Å². The Balaban J connectivity index is 1.96. The number of likely N-dealkylation sites (N-methyl/N-ethyl adjacent to an activating group) is 1. The molecule has 34 heavy (non-hydrogen) atoms. The van der Waals surface area contributed by atoms with E-state index in [0.29, 0.717) is 6.54 Å². The second-order valence-electron chi connectivity index (χ2n) is 8.64. The molecule has 11 heteroatoms. The minimum Gasteiger partial charge on any atom is -0.333 e. The SMILES string of the molecule is CC(C)N1C(=O)c2ccc(C(=O)N(CCN(C)C)Cc3cccc(C(F)(F)F)c3)cc2S1(=O)=O. The molecule has 7 nitrogen and oxygen atoms in total. The van der Waals surface area contributed by atoms with Gasteiger partial charge in [-0.3, -0.25) is 9.59 Å². The van der Waals surface area contributed by atoms with Gasteiger partial charge >= 0.3 is 6.18 Å². The van der Waals surface area contributed by atoms with Gasteiger partial charge < -0.3 is 9.80 Å². The molecule has 0 unspecified atom stereocenters. The molecule has 0 bridgehead atoms. The first-order valence-electron chi connectivity index (χ1n) is 10.6. The summed E-state index contributed by atoms with van der Waals surface area (Å²) in [6.07, 6.45) is -4.52. The summed E-state index contributed by atoms with van der Waals surface area (Å²) >= 11 is 0. The second kappa shape index (κ2) is 9.38. The minimum absolute atomic E-state index is 0.0111. The normalized spacial score (nSPS) is 15.2. The standard InChI is InChI=1S/C23H26F3N3O4S/c1-15(2)29-22(31)19-9-8-17(13-20(19)34(29,32)33)21(30)28(11-10-27(3)4)14-16-6-5-7-18(12-16)23(24,25)26/h5-9,12-13,15H,10-11,14H2,1-4H3. The summed E-state index contributed by atoms with van der Waals surface area (Å²) in [6.45, 7) is 3.69. The Morgan fingerprint density at radius 3 is 2.32 bits per heavy atom. The predicted octanol–water partition coefficient (Wildman–Crippen LogP) is 3.46. The highest BCUT2D eigenvalue weighted by atomic mass is 32.2. The van der Waals surface area contributed by atoms with Crippen molar-refractivity contribution in [3.8, 4) is 0 Å². The topological polar surface area (TPSA) is 78.0 Å². The quantitative estimate of drug-likeness (QED) is 0.586. The average Bonchev–Trinajstić information content (AvgIpc) is 2.95. The number of carbonyl (C=O) groups excluding carboxylic acids is 2. The monoisotopic (exact) mass is 497 g/mol. The molecule has 2 amide bonds. The summed E-state index contributed by atoms with van der Waals surface area (Å²) in [6, 6.07) is 7.97. The summed E-state index contributed by atoms with van der Waals surface area (Å²) in [5, 5.41) is 0. The van der Waals surface area contributed by atoms with Gasteiger partial charge in [0, 0.05) is 31.2 Å². The van der Waals surface area contributed by atoms with Crippen molar-refractivity contribution >= 4 is 21.8 Å². The molecule has 0 spiro atoms. The van der Waals surface area contributed by atoms with Crippen LogP contribution in [0.4, 0.5) is 13.2 Å². The average molecular weight is 498 g/mol. The summed E-state index contributed by atoms with van der Waals surface area (Å²) in [5.74, 6) is -1.20. The van der Waals surface area contributed by atoms with Gasteiger partial charge in [0.1, 0.15) is 4.90 Å². The smallest absolute Gasteiger partial charge is 0.333 e. The van der Waals surface area contributed by atoms with Crippen LogP contribution in [0.2, 0.25) is 0 Å². The molecule has 2 aromatic rings. The van der Waals surface area contributed by atoms with Gasteiger partial charge in [-0.2, -0.15) is 13.2 Å². The molecular weight excluding hydrogens is 471 g/mol. The molecule has 0 radical (unpaired) electrons. The van der Waals surface area contributed by atoms with Crippen molar-refractivity contribution in [2.45, 2.75) is 37.5 Å². The van der Waals surface area contributed by atoms with Gasteiger partial charge in [0.05, 0.1) is 11.1 Å². The lowest BCUT2D eigenvalue weighted by Crippen LogP contribution is -2.36. The Labute approximate surface area is 196 Å². The number of sulfonamides is 1. The van der Waals surface area contributed by atoms with Gasteiger partial charge in [-0.1, -0.05) is 12.1 Å². The molecule has 0 aromatic heterocycles. The Morgan fingerprint density at radius 1 is 1.06 bits per heavy atom.